The molecule has 184 valence electrons. The van der Waals surface area contributed by atoms with Crippen LogP contribution in [0.1, 0.15) is 47.8 Å². The summed E-state index contributed by atoms with van der Waals surface area (Å²) in [4.78, 5) is 19.3. The van der Waals surface area contributed by atoms with Gasteiger partial charge in [0.1, 0.15) is 17.5 Å². The number of aromatic nitrogens is 3. The molecule has 0 bridgehead atoms. The van der Waals surface area contributed by atoms with Crippen LogP contribution in [0.5, 0.6) is 0 Å². The molecule has 1 fully saturated rings. The second kappa shape index (κ2) is 9.20. The van der Waals surface area contributed by atoms with Gasteiger partial charge in [-0.3, -0.25) is 9.48 Å². The Kier molecular flexibility index (Phi) is 6.23. The summed E-state index contributed by atoms with van der Waals surface area (Å²) in [5, 5.41) is 17.9. The van der Waals surface area contributed by atoms with Crippen molar-refractivity contribution in [3.05, 3.63) is 70.1 Å². The number of hydrogen-bond donors (Lipinski definition) is 2. The molecule has 1 atom stereocenters. The average Bonchev–Trinajstić information content (AvgIpc) is 3.20. The maximum absolute atomic E-state index is 14.1. The molecule has 3 aromatic rings. The van der Waals surface area contributed by atoms with Crippen LogP contribution in [-0.2, 0) is 13.0 Å². The lowest BCUT2D eigenvalue weighted by molar-refractivity contribution is 0.0980. The quantitative estimate of drug-likeness (QED) is 0.500. The van der Waals surface area contributed by atoms with Crippen molar-refractivity contribution in [1.29, 1.82) is 0 Å². The molecular formula is C25H26ClF2N5O2. The van der Waals surface area contributed by atoms with Gasteiger partial charge < -0.3 is 15.3 Å². The van der Waals surface area contributed by atoms with Crippen molar-refractivity contribution in [2.75, 3.05) is 23.4 Å². The Morgan fingerprint density at radius 3 is 2.66 bits per heavy atom. The Labute approximate surface area is 206 Å². The zero-order valence-corrected chi connectivity index (χ0v) is 20.0. The van der Waals surface area contributed by atoms with Gasteiger partial charge in [0.05, 0.1) is 53.1 Å². The molecule has 2 aliphatic rings. The van der Waals surface area contributed by atoms with E-state index in [1.807, 2.05) is 6.92 Å². The van der Waals surface area contributed by atoms with Crippen LogP contribution in [0, 0.1) is 17.6 Å². The second-order valence-electron chi connectivity index (χ2n) is 9.42. The third kappa shape index (κ3) is 4.27. The predicted molar refractivity (Wildman–Crippen MR) is 129 cm³/mol. The van der Waals surface area contributed by atoms with Crippen molar-refractivity contribution in [3.8, 4) is 0 Å². The molecule has 7 nitrogen and oxygen atoms in total. The van der Waals surface area contributed by atoms with E-state index in [1.165, 1.54) is 35.3 Å². The number of nitrogens with zero attached hydrogens (tertiary/aromatic N) is 4. The first-order valence-corrected chi connectivity index (χ1v) is 12.0. The number of rotatable bonds is 7. The summed E-state index contributed by atoms with van der Waals surface area (Å²) >= 11 is 6.44. The molecule has 1 aromatic carbocycles. The Morgan fingerprint density at radius 1 is 1.26 bits per heavy atom. The average molecular weight is 502 g/mol. The van der Waals surface area contributed by atoms with Crippen LogP contribution < -0.4 is 10.2 Å². The molecule has 1 aliphatic heterocycles. The Morgan fingerprint density at radius 2 is 2.00 bits per heavy atom. The summed E-state index contributed by atoms with van der Waals surface area (Å²) in [6.07, 6.45) is 6.58. The van der Waals surface area contributed by atoms with Crippen LogP contribution >= 0.6 is 11.6 Å². The molecule has 3 heterocycles. The molecule has 1 amide bonds. The van der Waals surface area contributed by atoms with Crippen molar-refractivity contribution in [2.45, 2.75) is 44.7 Å². The molecule has 10 heteroatoms. The number of aliphatic hydroxyl groups is 1. The fourth-order valence-corrected chi connectivity index (χ4v) is 5.03. The number of fused-ring (bicyclic) bond motifs is 1. The standard InChI is InChI=1S/C25H26ClF2N5O2/c1-25(14-34,15-4-2-5-15)31-23-10-22(18(26)12-29-23)32-9-8-21-16(24(32)35)11-30-33(21)13-17-19(27)6-3-7-20(17)28/h3,6-7,10-12,15,34H,2,4-5,8-9,13-14H2,1H3,(H,29,31). The van der Waals surface area contributed by atoms with E-state index in [1.54, 1.807) is 11.0 Å². The van der Waals surface area contributed by atoms with E-state index in [2.05, 4.69) is 15.4 Å². The molecule has 0 radical (unpaired) electrons. The van der Waals surface area contributed by atoms with Gasteiger partial charge in [-0.1, -0.05) is 24.1 Å². The first-order valence-electron chi connectivity index (χ1n) is 11.6. The number of anilines is 2. The van der Waals surface area contributed by atoms with Crippen molar-refractivity contribution >= 4 is 29.0 Å². The minimum atomic E-state index is -0.654. The van der Waals surface area contributed by atoms with E-state index in [-0.39, 0.29) is 24.6 Å². The lowest BCUT2D eigenvalue weighted by Crippen LogP contribution is -2.49. The number of aliphatic hydroxyl groups excluding tert-OH is 1. The number of halogens is 3. The highest BCUT2D eigenvalue weighted by atomic mass is 35.5. The van der Waals surface area contributed by atoms with E-state index >= 15 is 0 Å². The predicted octanol–water partition coefficient (Wildman–Crippen LogP) is 4.42. The Bertz CT molecular complexity index is 1260. The van der Waals surface area contributed by atoms with Crippen molar-refractivity contribution in [2.24, 2.45) is 5.92 Å². The number of benzene rings is 1. The van der Waals surface area contributed by atoms with Crippen LogP contribution in [0.4, 0.5) is 20.3 Å². The van der Waals surface area contributed by atoms with Crippen molar-refractivity contribution in [1.82, 2.24) is 14.8 Å². The summed E-state index contributed by atoms with van der Waals surface area (Å²) in [5.41, 5.74) is 0.875. The van der Waals surface area contributed by atoms with Gasteiger partial charge in [-0.2, -0.15) is 5.10 Å². The minimum Gasteiger partial charge on any atom is -0.394 e. The van der Waals surface area contributed by atoms with Gasteiger partial charge in [0, 0.05) is 24.6 Å². The zero-order valence-electron chi connectivity index (χ0n) is 19.3. The second-order valence-corrected chi connectivity index (χ2v) is 9.83. The molecule has 2 aromatic heterocycles. The van der Waals surface area contributed by atoms with E-state index in [4.69, 9.17) is 11.6 Å². The van der Waals surface area contributed by atoms with Gasteiger partial charge in [0.2, 0.25) is 0 Å². The molecular weight excluding hydrogens is 476 g/mol. The number of hydrogen-bond acceptors (Lipinski definition) is 5. The number of carbonyl (C=O) groups excluding carboxylic acids is 1. The third-order valence-corrected chi connectivity index (χ3v) is 7.53. The Hall–Kier alpha value is -3.04. The maximum Gasteiger partial charge on any atom is 0.261 e. The molecule has 1 saturated carbocycles. The highest BCUT2D eigenvalue weighted by Crippen LogP contribution is 2.39. The number of carbonyl (C=O) groups is 1. The van der Waals surface area contributed by atoms with Crippen LogP contribution in [0.25, 0.3) is 0 Å². The Balaban J connectivity index is 1.40. The molecule has 0 saturated heterocycles. The SMILES string of the molecule is CC(CO)(Nc1cc(N2CCc3c(cnn3Cc3c(F)cccc3F)C2=O)c(Cl)cn1)C1CCC1. The molecule has 2 N–H and O–H groups in total. The van der Waals surface area contributed by atoms with Gasteiger partial charge in [-0.15, -0.1) is 0 Å². The fourth-order valence-electron chi connectivity index (χ4n) is 4.83. The van der Waals surface area contributed by atoms with E-state index in [9.17, 15) is 18.7 Å². The van der Waals surface area contributed by atoms with Crippen LogP contribution in [-0.4, -0.2) is 44.5 Å². The number of amides is 1. The third-order valence-electron chi connectivity index (χ3n) is 7.24. The summed E-state index contributed by atoms with van der Waals surface area (Å²) in [5.74, 6) is -0.735. The van der Waals surface area contributed by atoms with Gasteiger partial charge in [0.15, 0.2) is 0 Å². The minimum absolute atomic E-state index is 0.0366. The van der Waals surface area contributed by atoms with Gasteiger partial charge >= 0.3 is 0 Å². The first kappa shape index (κ1) is 23.7. The zero-order chi connectivity index (χ0) is 24.7. The first-order chi connectivity index (χ1) is 16.8. The lowest BCUT2D eigenvalue weighted by atomic mass is 9.72. The molecule has 0 spiro atoms. The molecule has 1 unspecified atom stereocenters. The summed E-state index contributed by atoms with van der Waals surface area (Å²) in [6, 6.07) is 5.43. The van der Waals surface area contributed by atoms with Gasteiger partial charge in [-0.05, 0) is 37.8 Å². The van der Waals surface area contributed by atoms with Crippen molar-refractivity contribution < 1.29 is 18.7 Å². The molecule has 35 heavy (non-hydrogen) atoms. The molecule has 5 rings (SSSR count). The number of nitrogens with one attached hydrogen (secondary N) is 1. The monoisotopic (exact) mass is 501 g/mol. The normalized spacial score (nSPS) is 17.6. The summed E-state index contributed by atoms with van der Waals surface area (Å²) in [6.45, 7) is 2.15. The van der Waals surface area contributed by atoms with Gasteiger partial charge in [0.25, 0.3) is 5.91 Å². The van der Waals surface area contributed by atoms with Crippen molar-refractivity contribution in [3.63, 3.8) is 0 Å². The van der Waals surface area contributed by atoms with E-state index in [0.29, 0.717) is 46.7 Å². The van der Waals surface area contributed by atoms with E-state index in [0.717, 1.165) is 19.3 Å². The highest BCUT2D eigenvalue weighted by molar-refractivity contribution is 6.34. The van der Waals surface area contributed by atoms with E-state index < -0.39 is 17.2 Å². The highest BCUT2D eigenvalue weighted by Gasteiger charge is 2.38. The van der Waals surface area contributed by atoms with Crippen LogP contribution in [0.3, 0.4) is 0 Å². The number of pyridine rings is 1. The maximum atomic E-state index is 14.1. The smallest absolute Gasteiger partial charge is 0.261 e. The van der Waals surface area contributed by atoms with Crippen LogP contribution in [0.15, 0.2) is 36.7 Å². The molecule has 1 aliphatic carbocycles. The van der Waals surface area contributed by atoms with Gasteiger partial charge in [-0.25, -0.2) is 13.8 Å². The summed E-state index contributed by atoms with van der Waals surface area (Å²) in [7, 11) is 0. The topological polar surface area (TPSA) is 83.3 Å². The van der Waals surface area contributed by atoms with Crippen LogP contribution in [0.2, 0.25) is 5.02 Å². The fraction of sp³-hybridized carbons (Fsp3) is 0.400. The lowest BCUT2D eigenvalue weighted by Gasteiger charge is -2.42. The summed E-state index contributed by atoms with van der Waals surface area (Å²) < 4.78 is 29.7. The largest absolute Gasteiger partial charge is 0.394 e.